The molecule has 7 heteroatoms. The van der Waals surface area contributed by atoms with Gasteiger partial charge in [0.1, 0.15) is 0 Å². The molecule has 192 valence electrons. The Morgan fingerprint density at radius 1 is 1.00 bits per heavy atom. The molecule has 0 N–H and O–H groups in total. The van der Waals surface area contributed by atoms with Gasteiger partial charge in [-0.05, 0) is 50.4 Å². The number of para-hydroxylation sites is 1. The molecule has 3 fully saturated rings. The Balaban J connectivity index is 0.972. The molecule has 0 spiro atoms. The van der Waals surface area contributed by atoms with Crippen molar-refractivity contribution in [3.63, 3.8) is 0 Å². The van der Waals surface area contributed by atoms with Crippen LogP contribution in [-0.2, 0) is 6.54 Å². The summed E-state index contributed by atoms with van der Waals surface area (Å²) in [6.07, 6.45) is 11.2. The zero-order valence-electron chi connectivity index (χ0n) is 21.5. The van der Waals surface area contributed by atoms with Gasteiger partial charge in [0.15, 0.2) is 11.4 Å². The van der Waals surface area contributed by atoms with Gasteiger partial charge in [0.25, 0.3) is 0 Å². The van der Waals surface area contributed by atoms with Crippen LogP contribution in [0.15, 0.2) is 47.1 Å². The number of piperazine rings is 1. The van der Waals surface area contributed by atoms with Gasteiger partial charge in [-0.3, -0.25) is 9.80 Å². The smallest absolute Gasteiger partial charge is 0.213 e. The number of pyridine rings is 1. The van der Waals surface area contributed by atoms with Gasteiger partial charge in [0, 0.05) is 63.0 Å². The molecule has 4 heterocycles. The third-order valence-electron chi connectivity index (χ3n) is 8.56. The lowest BCUT2D eigenvalue weighted by atomic mass is 9.91. The van der Waals surface area contributed by atoms with Crippen molar-refractivity contribution < 1.29 is 9.26 Å². The average Bonchev–Trinajstić information content (AvgIpc) is 3.37. The Morgan fingerprint density at radius 2 is 1.89 bits per heavy atom. The maximum atomic E-state index is 6.15. The molecule has 0 radical (unpaired) electrons. The Kier molecular flexibility index (Phi) is 7.10. The van der Waals surface area contributed by atoms with Gasteiger partial charge < -0.3 is 14.2 Å². The van der Waals surface area contributed by atoms with Crippen molar-refractivity contribution >= 4 is 16.8 Å². The molecule has 0 unspecified atom stereocenters. The van der Waals surface area contributed by atoms with E-state index in [0.29, 0.717) is 12.0 Å². The summed E-state index contributed by atoms with van der Waals surface area (Å²) in [6.45, 7) is 5.88. The number of hydrogen-bond donors (Lipinski definition) is 0. The predicted octanol–water partition coefficient (Wildman–Crippen LogP) is 4.97. The van der Waals surface area contributed by atoms with Crippen LogP contribution in [0.3, 0.4) is 0 Å². The topological polar surface area (TPSA) is 57.9 Å². The first kappa shape index (κ1) is 23.7. The highest BCUT2D eigenvalue weighted by atomic mass is 16.5. The number of ether oxygens (including phenoxy) is 1. The molecule has 36 heavy (non-hydrogen) atoms. The van der Waals surface area contributed by atoms with Gasteiger partial charge in [0.2, 0.25) is 5.88 Å². The lowest BCUT2D eigenvalue weighted by molar-refractivity contribution is 0.0716. The summed E-state index contributed by atoms with van der Waals surface area (Å²) in [5.74, 6) is 2.30. The normalized spacial score (nSPS) is 23.8. The number of anilines is 1. The fourth-order valence-corrected chi connectivity index (χ4v) is 6.42. The first-order chi connectivity index (χ1) is 17.7. The molecule has 2 aliphatic heterocycles. The zero-order chi connectivity index (χ0) is 24.3. The maximum absolute atomic E-state index is 6.15. The number of nitrogens with zero attached hydrogens (tertiary/aromatic N) is 5. The van der Waals surface area contributed by atoms with Crippen LogP contribution in [0.1, 0.15) is 50.5 Å². The fraction of sp³-hybridized carbons (Fsp3) is 0.586. The second kappa shape index (κ2) is 10.8. The van der Waals surface area contributed by atoms with E-state index in [1.807, 2.05) is 18.3 Å². The van der Waals surface area contributed by atoms with Gasteiger partial charge in [-0.1, -0.05) is 42.6 Å². The Morgan fingerprint density at radius 3 is 2.75 bits per heavy atom. The summed E-state index contributed by atoms with van der Waals surface area (Å²) in [5.41, 5.74) is 2.14. The van der Waals surface area contributed by atoms with E-state index in [2.05, 4.69) is 56.2 Å². The number of hydrogen-bond acceptors (Lipinski definition) is 7. The first-order valence-electron chi connectivity index (χ1n) is 13.8. The van der Waals surface area contributed by atoms with Crippen molar-refractivity contribution in [2.75, 3.05) is 44.7 Å². The van der Waals surface area contributed by atoms with Crippen molar-refractivity contribution in [3.8, 4) is 5.88 Å². The van der Waals surface area contributed by atoms with Crippen LogP contribution in [0, 0.1) is 5.92 Å². The van der Waals surface area contributed by atoms with Gasteiger partial charge in [-0.2, -0.15) is 0 Å². The molecule has 6 rings (SSSR count). The molecule has 2 saturated heterocycles. The zero-order valence-corrected chi connectivity index (χ0v) is 21.5. The van der Waals surface area contributed by atoms with Crippen molar-refractivity contribution in [2.24, 2.45) is 5.92 Å². The molecule has 7 nitrogen and oxygen atoms in total. The van der Waals surface area contributed by atoms with E-state index in [4.69, 9.17) is 9.26 Å². The summed E-state index contributed by atoms with van der Waals surface area (Å²) in [5, 5.41) is 5.50. The monoisotopic (exact) mass is 489 g/mol. The van der Waals surface area contributed by atoms with Crippen LogP contribution < -0.4 is 9.64 Å². The molecular formula is C29H39N5O2. The SMILES string of the molecule is CN(Cc1ccc(OC[C@H]2CC[C@H]3CN(c4noc5ccccc45)CCN3C2)nc1)C1CCCCC1. The molecule has 0 amide bonds. The van der Waals surface area contributed by atoms with Crippen molar-refractivity contribution in [1.82, 2.24) is 19.9 Å². The van der Waals surface area contributed by atoms with Gasteiger partial charge in [0.05, 0.1) is 12.0 Å². The van der Waals surface area contributed by atoms with E-state index in [0.717, 1.165) is 68.0 Å². The lowest BCUT2D eigenvalue weighted by Crippen LogP contribution is -2.57. The van der Waals surface area contributed by atoms with Crippen molar-refractivity contribution in [3.05, 3.63) is 48.2 Å². The highest BCUT2D eigenvalue weighted by Gasteiger charge is 2.34. The molecule has 2 aromatic heterocycles. The second-order valence-corrected chi connectivity index (χ2v) is 11.1. The van der Waals surface area contributed by atoms with Crippen LogP contribution in [0.25, 0.3) is 11.0 Å². The molecule has 1 aliphatic carbocycles. The van der Waals surface area contributed by atoms with Gasteiger partial charge in [-0.25, -0.2) is 4.98 Å². The molecular weight excluding hydrogens is 450 g/mol. The second-order valence-electron chi connectivity index (χ2n) is 11.1. The summed E-state index contributed by atoms with van der Waals surface area (Å²) < 4.78 is 11.7. The van der Waals surface area contributed by atoms with E-state index in [1.54, 1.807) is 0 Å². The van der Waals surface area contributed by atoms with Gasteiger partial charge in [-0.15, -0.1) is 0 Å². The van der Waals surface area contributed by atoms with Crippen LogP contribution in [0.4, 0.5) is 5.82 Å². The highest BCUT2D eigenvalue weighted by Crippen LogP contribution is 2.31. The Labute approximate surface area is 214 Å². The van der Waals surface area contributed by atoms with Gasteiger partial charge >= 0.3 is 0 Å². The lowest BCUT2D eigenvalue weighted by Gasteiger charge is -2.46. The minimum atomic E-state index is 0.555. The van der Waals surface area contributed by atoms with Crippen molar-refractivity contribution in [1.29, 1.82) is 0 Å². The Bertz CT molecular complexity index is 1130. The Hall–Kier alpha value is -2.64. The number of fused-ring (bicyclic) bond motifs is 2. The molecule has 0 bridgehead atoms. The number of rotatable bonds is 7. The first-order valence-corrected chi connectivity index (χ1v) is 13.8. The van der Waals surface area contributed by atoms with Crippen molar-refractivity contribution in [2.45, 2.75) is 63.6 Å². The van der Waals surface area contributed by atoms with E-state index in [1.165, 1.54) is 50.5 Å². The standard InChI is InChI=1S/C29H39N5O2/c1-32(24-7-3-2-4-8-24)18-22-12-14-28(30-17-22)35-21-23-11-13-25-20-34(16-15-33(25)19-23)29-26-9-5-6-10-27(26)36-31-29/h5-6,9-10,12,14,17,23-25H,2-4,7-8,11,13,15-16,18-21H2,1H3/t23-,25-/m0/s1. The maximum Gasteiger partial charge on any atom is 0.213 e. The summed E-state index contributed by atoms with van der Waals surface area (Å²) >= 11 is 0. The third kappa shape index (κ3) is 5.23. The van der Waals surface area contributed by atoms with Crippen LogP contribution in [0.5, 0.6) is 5.88 Å². The van der Waals surface area contributed by atoms with Crippen LogP contribution >= 0.6 is 0 Å². The quantitative estimate of drug-likeness (QED) is 0.465. The predicted molar refractivity (Wildman–Crippen MR) is 142 cm³/mol. The van der Waals surface area contributed by atoms with E-state index < -0.39 is 0 Å². The minimum absolute atomic E-state index is 0.555. The van der Waals surface area contributed by atoms with Crippen LogP contribution in [-0.4, -0.2) is 71.9 Å². The molecule has 1 aromatic carbocycles. The number of aromatic nitrogens is 2. The van der Waals surface area contributed by atoms with Crippen LogP contribution in [0.2, 0.25) is 0 Å². The number of benzene rings is 1. The molecule has 3 aromatic rings. The molecule has 1 saturated carbocycles. The van der Waals surface area contributed by atoms with E-state index >= 15 is 0 Å². The average molecular weight is 490 g/mol. The molecule has 3 aliphatic rings. The summed E-state index contributed by atoms with van der Waals surface area (Å²) in [4.78, 5) is 12.2. The third-order valence-corrected chi connectivity index (χ3v) is 8.56. The molecule has 2 atom stereocenters. The fourth-order valence-electron chi connectivity index (χ4n) is 6.42. The summed E-state index contributed by atoms with van der Waals surface area (Å²) in [7, 11) is 2.25. The summed E-state index contributed by atoms with van der Waals surface area (Å²) in [6, 6.07) is 13.7. The number of piperidine rings is 1. The minimum Gasteiger partial charge on any atom is -0.477 e. The highest BCUT2D eigenvalue weighted by molar-refractivity contribution is 5.88. The largest absolute Gasteiger partial charge is 0.477 e. The van der Waals surface area contributed by atoms with E-state index in [-0.39, 0.29) is 0 Å². The van der Waals surface area contributed by atoms with E-state index in [9.17, 15) is 0 Å².